The average molecular weight is 279 g/mol. The van der Waals surface area contributed by atoms with Gasteiger partial charge in [0.05, 0.1) is 0 Å². The van der Waals surface area contributed by atoms with Crippen LogP contribution in [-0.2, 0) is 4.79 Å². The lowest BCUT2D eigenvalue weighted by Gasteiger charge is -2.23. The summed E-state index contributed by atoms with van der Waals surface area (Å²) in [5.74, 6) is 0.603. The molecule has 2 N–H and O–H groups in total. The van der Waals surface area contributed by atoms with Crippen LogP contribution in [0, 0.1) is 11.3 Å². The zero-order valence-electron chi connectivity index (χ0n) is 10.6. The quantitative estimate of drug-likeness (QED) is 0.822. The molecule has 100 valence electrons. The first-order valence-electron chi connectivity index (χ1n) is 6.19. The fourth-order valence-corrected chi connectivity index (χ4v) is 2.90. The third-order valence-electron chi connectivity index (χ3n) is 4.07. The molecule has 1 aliphatic heterocycles. The van der Waals surface area contributed by atoms with Crippen LogP contribution >= 0.6 is 24.2 Å². The molecule has 0 aromatic carbocycles. The van der Waals surface area contributed by atoms with Gasteiger partial charge in [-0.05, 0) is 44.0 Å². The molecule has 1 aliphatic carbocycles. The van der Waals surface area contributed by atoms with Gasteiger partial charge in [-0.1, -0.05) is 6.92 Å². The largest absolute Gasteiger partial charge is 0.355 e. The van der Waals surface area contributed by atoms with Crippen molar-refractivity contribution in [2.45, 2.75) is 31.4 Å². The number of piperidine rings is 1. The Balaban J connectivity index is 0.00000144. The first-order chi connectivity index (χ1) is 7.68. The number of hydrogen-bond acceptors (Lipinski definition) is 3. The molecule has 2 aliphatic rings. The standard InChI is InChI=1S/C12H22N2OS.ClH/c1-9(16-2)8-14-11(15)10-7-12(10)3-5-13-6-4-12;/h9-10,13H,3-8H2,1-2H3,(H,14,15);1H. The van der Waals surface area contributed by atoms with E-state index in [2.05, 4.69) is 23.8 Å². The molecular weight excluding hydrogens is 256 g/mol. The van der Waals surface area contributed by atoms with Crippen LogP contribution in [-0.4, -0.2) is 37.0 Å². The van der Waals surface area contributed by atoms with Crippen LogP contribution in [0.5, 0.6) is 0 Å². The maximum Gasteiger partial charge on any atom is 0.223 e. The van der Waals surface area contributed by atoms with Crippen molar-refractivity contribution in [3.8, 4) is 0 Å². The Bertz CT molecular complexity index is 269. The Labute approximate surface area is 114 Å². The van der Waals surface area contributed by atoms with Crippen LogP contribution in [0.15, 0.2) is 0 Å². The minimum Gasteiger partial charge on any atom is -0.355 e. The second-order valence-electron chi connectivity index (χ2n) is 5.16. The number of hydrogen-bond donors (Lipinski definition) is 2. The highest BCUT2D eigenvalue weighted by Crippen LogP contribution is 2.58. The van der Waals surface area contributed by atoms with Gasteiger partial charge in [-0.15, -0.1) is 12.4 Å². The van der Waals surface area contributed by atoms with Crippen LogP contribution in [0.3, 0.4) is 0 Å². The van der Waals surface area contributed by atoms with E-state index >= 15 is 0 Å². The first kappa shape index (κ1) is 15.1. The highest BCUT2D eigenvalue weighted by Gasteiger charge is 2.57. The zero-order valence-corrected chi connectivity index (χ0v) is 12.3. The van der Waals surface area contributed by atoms with Gasteiger partial charge in [0, 0.05) is 17.7 Å². The van der Waals surface area contributed by atoms with Crippen molar-refractivity contribution in [1.29, 1.82) is 0 Å². The Hall–Kier alpha value is 0.0700. The molecule has 0 bridgehead atoms. The molecule has 3 nitrogen and oxygen atoms in total. The lowest BCUT2D eigenvalue weighted by atomic mass is 9.92. The Morgan fingerprint density at radius 2 is 2.18 bits per heavy atom. The molecular formula is C12H23ClN2OS. The highest BCUT2D eigenvalue weighted by molar-refractivity contribution is 7.99. The predicted octanol–water partition coefficient (Wildman–Crippen LogP) is 1.67. The molecule has 0 radical (unpaired) electrons. The third-order valence-corrected chi connectivity index (χ3v) is 5.04. The van der Waals surface area contributed by atoms with E-state index in [1.54, 1.807) is 11.8 Å². The van der Waals surface area contributed by atoms with Crippen molar-refractivity contribution in [2.24, 2.45) is 11.3 Å². The van der Waals surface area contributed by atoms with Crippen molar-refractivity contribution in [1.82, 2.24) is 10.6 Å². The molecule has 0 aromatic rings. The number of nitrogens with one attached hydrogen (secondary N) is 2. The molecule has 5 heteroatoms. The number of carbonyl (C=O) groups excluding carboxylic acids is 1. The Morgan fingerprint density at radius 1 is 1.53 bits per heavy atom. The summed E-state index contributed by atoms with van der Waals surface area (Å²) in [6.07, 6.45) is 5.57. The fraction of sp³-hybridized carbons (Fsp3) is 0.917. The molecule has 1 saturated heterocycles. The second-order valence-corrected chi connectivity index (χ2v) is 6.44. The van der Waals surface area contributed by atoms with Crippen molar-refractivity contribution >= 4 is 30.1 Å². The number of halogens is 1. The fourth-order valence-electron chi connectivity index (χ4n) is 2.65. The number of thioether (sulfide) groups is 1. The molecule has 17 heavy (non-hydrogen) atoms. The summed E-state index contributed by atoms with van der Waals surface area (Å²) in [4.78, 5) is 12.0. The molecule has 0 aromatic heterocycles. The summed E-state index contributed by atoms with van der Waals surface area (Å²) < 4.78 is 0. The van der Waals surface area contributed by atoms with Gasteiger partial charge < -0.3 is 10.6 Å². The van der Waals surface area contributed by atoms with Gasteiger partial charge in [-0.2, -0.15) is 11.8 Å². The van der Waals surface area contributed by atoms with Crippen LogP contribution in [0.4, 0.5) is 0 Å². The van der Waals surface area contributed by atoms with E-state index in [9.17, 15) is 4.79 Å². The molecule has 2 fully saturated rings. The molecule has 2 unspecified atom stereocenters. The smallest absolute Gasteiger partial charge is 0.223 e. The Morgan fingerprint density at radius 3 is 2.76 bits per heavy atom. The Kier molecular flexibility index (Phi) is 5.61. The molecule has 2 rings (SSSR count). The van der Waals surface area contributed by atoms with Gasteiger partial charge in [0.1, 0.15) is 0 Å². The van der Waals surface area contributed by atoms with Crippen LogP contribution in [0.1, 0.15) is 26.2 Å². The molecule has 1 saturated carbocycles. The maximum absolute atomic E-state index is 12.0. The summed E-state index contributed by atoms with van der Waals surface area (Å²) in [6, 6.07) is 0. The number of rotatable bonds is 4. The van der Waals surface area contributed by atoms with Gasteiger partial charge in [0.25, 0.3) is 0 Å². The van der Waals surface area contributed by atoms with Crippen LogP contribution in [0.2, 0.25) is 0 Å². The predicted molar refractivity (Wildman–Crippen MR) is 75.9 cm³/mol. The third kappa shape index (κ3) is 3.52. The summed E-state index contributed by atoms with van der Waals surface area (Å²) in [5.41, 5.74) is 0.373. The van der Waals surface area contributed by atoms with Crippen molar-refractivity contribution < 1.29 is 4.79 Å². The van der Waals surface area contributed by atoms with E-state index in [0.29, 0.717) is 22.5 Å². The topological polar surface area (TPSA) is 41.1 Å². The zero-order chi connectivity index (χ0) is 11.6. The first-order valence-corrected chi connectivity index (χ1v) is 7.48. The summed E-state index contributed by atoms with van der Waals surface area (Å²) in [6.45, 7) is 5.14. The summed E-state index contributed by atoms with van der Waals surface area (Å²) >= 11 is 1.80. The van der Waals surface area contributed by atoms with Crippen LogP contribution < -0.4 is 10.6 Å². The monoisotopic (exact) mass is 278 g/mol. The molecule has 1 heterocycles. The summed E-state index contributed by atoms with van der Waals surface area (Å²) in [7, 11) is 0. The van der Waals surface area contributed by atoms with Crippen molar-refractivity contribution in [3.63, 3.8) is 0 Å². The molecule has 2 atom stereocenters. The molecule has 1 spiro atoms. The van der Waals surface area contributed by atoms with Gasteiger partial charge in [0.15, 0.2) is 0 Å². The van der Waals surface area contributed by atoms with Crippen LogP contribution in [0.25, 0.3) is 0 Å². The van der Waals surface area contributed by atoms with E-state index in [-0.39, 0.29) is 12.4 Å². The van der Waals surface area contributed by atoms with Gasteiger partial charge in [0.2, 0.25) is 5.91 Å². The van der Waals surface area contributed by atoms with Crippen molar-refractivity contribution in [3.05, 3.63) is 0 Å². The second kappa shape index (κ2) is 6.30. The van der Waals surface area contributed by atoms with E-state index in [4.69, 9.17) is 0 Å². The SMILES string of the molecule is CSC(C)CNC(=O)C1CC12CCNCC2.Cl. The highest BCUT2D eigenvalue weighted by atomic mass is 35.5. The average Bonchev–Trinajstić information content (AvgIpc) is 3.00. The lowest BCUT2D eigenvalue weighted by Crippen LogP contribution is -2.35. The summed E-state index contributed by atoms with van der Waals surface area (Å²) in [5, 5.41) is 6.97. The van der Waals surface area contributed by atoms with E-state index in [1.807, 2.05) is 0 Å². The van der Waals surface area contributed by atoms with Gasteiger partial charge in [-0.3, -0.25) is 4.79 Å². The van der Waals surface area contributed by atoms with Gasteiger partial charge in [-0.25, -0.2) is 0 Å². The normalized spacial score (nSPS) is 27.1. The van der Waals surface area contributed by atoms with E-state index in [0.717, 1.165) is 26.1 Å². The van der Waals surface area contributed by atoms with E-state index in [1.165, 1.54) is 12.8 Å². The number of amides is 1. The minimum atomic E-state index is 0. The number of carbonyl (C=O) groups is 1. The molecule has 1 amide bonds. The lowest BCUT2D eigenvalue weighted by molar-refractivity contribution is -0.123. The maximum atomic E-state index is 12.0. The van der Waals surface area contributed by atoms with Crippen molar-refractivity contribution in [2.75, 3.05) is 25.9 Å². The van der Waals surface area contributed by atoms with E-state index < -0.39 is 0 Å². The minimum absolute atomic E-state index is 0. The van der Waals surface area contributed by atoms with Gasteiger partial charge >= 0.3 is 0 Å².